The smallest absolute Gasteiger partial charge is 0.159 e. The number of carbonyl (C=O) groups excluding carboxylic acids is 1. The minimum atomic E-state index is -0.776. The Morgan fingerprint density at radius 2 is 2.20 bits per heavy atom. The van der Waals surface area contributed by atoms with Gasteiger partial charge in [-0.3, -0.25) is 4.79 Å². The van der Waals surface area contributed by atoms with Crippen molar-refractivity contribution in [3.05, 3.63) is 41.7 Å². The van der Waals surface area contributed by atoms with Crippen LogP contribution in [0.15, 0.2) is 30.5 Å². The molecule has 0 amide bonds. The van der Waals surface area contributed by atoms with Crippen LogP contribution in [0.5, 0.6) is 0 Å². The third-order valence-corrected chi connectivity index (χ3v) is 3.38. The van der Waals surface area contributed by atoms with Crippen LogP contribution in [-0.2, 0) is 6.42 Å². The molecule has 0 aliphatic carbocycles. The third kappa shape index (κ3) is 3.30. The van der Waals surface area contributed by atoms with Crippen LogP contribution in [0, 0.1) is 0 Å². The largest absolute Gasteiger partial charge is 0.390 e. The molecule has 20 heavy (non-hydrogen) atoms. The lowest BCUT2D eigenvalue weighted by molar-refractivity contribution is 0.0554. The second-order valence-electron chi connectivity index (χ2n) is 5.29. The summed E-state index contributed by atoms with van der Waals surface area (Å²) < 4.78 is 1.62. The molecule has 0 aliphatic heterocycles. The monoisotopic (exact) mass is 273 g/mol. The molecular weight excluding hydrogens is 254 g/mol. The van der Waals surface area contributed by atoms with Crippen molar-refractivity contribution in [1.82, 2.24) is 15.0 Å². The maximum atomic E-state index is 11.4. The lowest BCUT2D eigenvalue weighted by Gasteiger charge is -2.18. The van der Waals surface area contributed by atoms with Crippen molar-refractivity contribution in [1.29, 1.82) is 0 Å². The maximum absolute atomic E-state index is 11.4. The third-order valence-electron chi connectivity index (χ3n) is 3.38. The van der Waals surface area contributed by atoms with Crippen LogP contribution >= 0.6 is 0 Å². The Morgan fingerprint density at radius 3 is 2.85 bits per heavy atom. The minimum Gasteiger partial charge on any atom is -0.390 e. The Bertz CT molecular complexity index is 617. The number of aliphatic hydroxyl groups is 1. The van der Waals surface area contributed by atoms with Gasteiger partial charge in [0, 0.05) is 12.0 Å². The van der Waals surface area contributed by atoms with Crippen molar-refractivity contribution in [3.8, 4) is 5.69 Å². The van der Waals surface area contributed by atoms with E-state index in [4.69, 9.17) is 0 Å². The van der Waals surface area contributed by atoms with E-state index in [0.717, 1.165) is 11.4 Å². The quantitative estimate of drug-likeness (QED) is 0.848. The van der Waals surface area contributed by atoms with E-state index >= 15 is 0 Å². The zero-order valence-electron chi connectivity index (χ0n) is 12.0. The number of aromatic nitrogens is 3. The highest BCUT2D eigenvalue weighted by atomic mass is 16.3. The predicted molar refractivity (Wildman–Crippen MR) is 76.0 cm³/mol. The molecule has 106 valence electrons. The Labute approximate surface area is 118 Å². The van der Waals surface area contributed by atoms with Crippen molar-refractivity contribution >= 4 is 5.78 Å². The normalized spacial score (nSPS) is 14.0. The molecule has 1 N–H and O–H groups in total. The van der Waals surface area contributed by atoms with E-state index in [9.17, 15) is 9.90 Å². The van der Waals surface area contributed by atoms with Crippen LogP contribution in [0.25, 0.3) is 5.69 Å². The Morgan fingerprint density at radius 1 is 1.45 bits per heavy atom. The Balaban J connectivity index is 2.25. The van der Waals surface area contributed by atoms with E-state index in [2.05, 4.69) is 10.3 Å². The van der Waals surface area contributed by atoms with Crippen molar-refractivity contribution in [2.75, 3.05) is 0 Å². The van der Waals surface area contributed by atoms with Crippen LogP contribution in [0.3, 0.4) is 0 Å². The first kappa shape index (κ1) is 14.4. The second kappa shape index (κ2) is 5.54. The highest BCUT2D eigenvalue weighted by molar-refractivity contribution is 5.94. The molecule has 0 fully saturated rings. The first-order valence-corrected chi connectivity index (χ1v) is 6.66. The van der Waals surface area contributed by atoms with Gasteiger partial charge < -0.3 is 5.11 Å². The predicted octanol–water partition coefficient (Wildman–Crippen LogP) is 2.17. The molecule has 1 heterocycles. The second-order valence-corrected chi connectivity index (χ2v) is 5.29. The molecule has 0 bridgehead atoms. The zero-order valence-corrected chi connectivity index (χ0v) is 12.0. The summed E-state index contributed by atoms with van der Waals surface area (Å²) in [7, 11) is 0. The van der Waals surface area contributed by atoms with E-state index < -0.39 is 5.60 Å². The maximum Gasteiger partial charge on any atom is 0.159 e. The molecule has 1 atom stereocenters. The van der Waals surface area contributed by atoms with Gasteiger partial charge in [0.15, 0.2) is 5.78 Å². The molecule has 5 nitrogen and oxygen atoms in total. The van der Waals surface area contributed by atoms with Gasteiger partial charge in [0.05, 0.1) is 23.2 Å². The zero-order chi connectivity index (χ0) is 14.8. The standard InChI is InChI=1S/C15H19N3O2/c1-4-15(3,20)9-13-10-18(17-16-13)14-7-5-6-12(8-14)11(2)19/h5-8,10,20H,4,9H2,1-3H3/t15-/m1/s1. The van der Waals surface area contributed by atoms with Crippen LogP contribution in [-0.4, -0.2) is 31.5 Å². The van der Waals surface area contributed by atoms with E-state index in [0.29, 0.717) is 18.4 Å². The molecule has 2 rings (SSSR count). The van der Waals surface area contributed by atoms with E-state index in [1.54, 1.807) is 29.9 Å². The van der Waals surface area contributed by atoms with Crippen molar-refractivity contribution in [3.63, 3.8) is 0 Å². The van der Waals surface area contributed by atoms with Gasteiger partial charge in [-0.15, -0.1) is 5.10 Å². The van der Waals surface area contributed by atoms with Gasteiger partial charge in [0.2, 0.25) is 0 Å². The number of rotatable bonds is 5. The number of nitrogens with zero attached hydrogens (tertiary/aromatic N) is 3. The van der Waals surface area contributed by atoms with Crippen LogP contribution < -0.4 is 0 Å². The molecule has 1 aromatic carbocycles. The summed E-state index contributed by atoms with van der Waals surface area (Å²) in [6.07, 6.45) is 2.89. The minimum absolute atomic E-state index is 0.0149. The SMILES string of the molecule is CC[C@@](C)(O)Cc1cn(-c2cccc(C(C)=O)c2)nn1. The van der Waals surface area contributed by atoms with Gasteiger partial charge in [-0.05, 0) is 32.4 Å². The van der Waals surface area contributed by atoms with E-state index in [-0.39, 0.29) is 5.78 Å². The lowest BCUT2D eigenvalue weighted by atomic mass is 9.98. The first-order valence-electron chi connectivity index (χ1n) is 6.66. The van der Waals surface area contributed by atoms with Crippen molar-refractivity contribution < 1.29 is 9.90 Å². The molecule has 2 aromatic rings. The van der Waals surface area contributed by atoms with Crippen LogP contribution in [0.2, 0.25) is 0 Å². The van der Waals surface area contributed by atoms with Crippen LogP contribution in [0.1, 0.15) is 43.2 Å². The number of ketones is 1. The highest BCUT2D eigenvalue weighted by Gasteiger charge is 2.20. The van der Waals surface area contributed by atoms with Gasteiger partial charge in [-0.25, -0.2) is 4.68 Å². The summed E-state index contributed by atoms with van der Waals surface area (Å²) in [4.78, 5) is 11.4. The van der Waals surface area contributed by atoms with Crippen LogP contribution in [0.4, 0.5) is 0 Å². The number of Topliss-reactive ketones (excluding diaryl/α,β-unsaturated/α-hetero) is 1. The molecule has 0 aliphatic rings. The number of hydrogen-bond acceptors (Lipinski definition) is 4. The first-order chi connectivity index (χ1) is 9.41. The Hall–Kier alpha value is -2.01. The van der Waals surface area contributed by atoms with E-state index in [1.165, 1.54) is 6.92 Å². The van der Waals surface area contributed by atoms with Gasteiger partial charge >= 0.3 is 0 Å². The molecule has 0 unspecified atom stereocenters. The summed E-state index contributed by atoms with van der Waals surface area (Å²) in [6.45, 7) is 5.24. The molecule has 0 saturated heterocycles. The van der Waals surface area contributed by atoms with E-state index in [1.807, 2.05) is 19.1 Å². The fourth-order valence-corrected chi connectivity index (χ4v) is 1.89. The fourth-order valence-electron chi connectivity index (χ4n) is 1.89. The van der Waals surface area contributed by atoms with Gasteiger partial charge in [0.25, 0.3) is 0 Å². The fraction of sp³-hybridized carbons (Fsp3) is 0.400. The Kier molecular flexibility index (Phi) is 3.99. The summed E-state index contributed by atoms with van der Waals surface area (Å²) in [5.74, 6) is 0.0149. The molecule has 0 radical (unpaired) electrons. The lowest BCUT2D eigenvalue weighted by Crippen LogP contribution is -2.25. The topological polar surface area (TPSA) is 68.0 Å². The summed E-state index contributed by atoms with van der Waals surface area (Å²) in [5.41, 5.74) is 1.38. The molecule has 0 saturated carbocycles. The average Bonchev–Trinajstić information content (AvgIpc) is 2.86. The summed E-state index contributed by atoms with van der Waals surface area (Å²) in [6, 6.07) is 7.22. The van der Waals surface area contributed by atoms with Gasteiger partial charge in [-0.2, -0.15) is 0 Å². The number of hydrogen-bond donors (Lipinski definition) is 1. The number of benzene rings is 1. The highest BCUT2D eigenvalue weighted by Crippen LogP contribution is 2.16. The summed E-state index contributed by atoms with van der Waals surface area (Å²) >= 11 is 0. The van der Waals surface area contributed by atoms with Crippen molar-refractivity contribution in [2.45, 2.75) is 39.2 Å². The molecule has 0 spiro atoms. The van der Waals surface area contributed by atoms with Crippen molar-refractivity contribution in [2.24, 2.45) is 0 Å². The van der Waals surface area contributed by atoms with Gasteiger partial charge in [0.1, 0.15) is 0 Å². The van der Waals surface area contributed by atoms with Gasteiger partial charge in [-0.1, -0.05) is 24.3 Å². The molecule has 1 aromatic heterocycles. The molecular formula is C15H19N3O2. The average molecular weight is 273 g/mol. The number of carbonyl (C=O) groups is 1. The molecule has 5 heteroatoms. The summed E-state index contributed by atoms with van der Waals surface area (Å²) in [5, 5.41) is 18.2.